The summed E-state index contributed by atoms with van der Waals surface area (Å²) in [6.45, 7) is 0.00782. The second-order valence-electron chi connectivity index (χ2n) is 3.89. The van der Waals surface area contributed by atoms with Crippen LogP contribution in [0.4, 0.5) is 14.9 Å². The molecule has 0 aliphatic carbocycles. The first-order valence-electron chi connectivity index (χ1n) is 5.69. The average Bonchev–Trinajstić information content (AvgIpc) is 2.34. The molecular formula is C12H16ClFN2O2S. The molecule has 19 heavy (non-hydrogen) atoms. The van der Waals surface area contributed by atoms with Crippen molar-refractivity contribution in [1.82, 2.24) is 5.32 Å². The molecule has 0 saturated heterocycles. The average molecular weight is 307 g/mol. The lowest BCUT2D eigenvalue weighted by Gasteiger charge is -2.17. The van der Waals surface area contributed by atoms with Gasteiger partial charge < -0.3 is 15.7 Å². The zero-order chi connectivity index (χ0) is 14.3. The zero-order valence-corrected chi connectivity index (χ0v) is 12.0. The van der Waals surface area contributed by atoms with E-state index < -0.39 is 11.8 Å². The summed E-state index contributed by atoms with van der Waals surface area (Å²) >= 11 is 7.20. The van der Waals surface area contributed by atoms with Gasteiger partial charge in [-0.05, 0) is 30.9 Å². The number of nitrogens with one attached hydrogen (secondary N) is 2. The molecular weight excluding hydrogens is 291 g/mol. The molecule has 0 aliphatic heterocycles. The molecule has 106 valence electrons. The second kappa shape index (κ2) is 8.24. The van der Waals surface area contributed by atoms with E-state index in [1.54, 1.807) is 11.8 Å². The van der Waals surface area contributed by atoms with E-state index in [4.69, 9.17) is 16.7 Å². The Morgan fingerprint density at radius 3 is 2.89 bits per heavy atom. The maximum Gasteiger partial charge on any atom is 0.319 e. The number of aliphatic hydroxyl groups excluding tert-OH is 1. The minimum Gasteiger partial charge on any atom is -0.396 e. The van der Waals surface area contributed by atoms with Crippen LogP contribution in [0.2, 0.25) is 5.02 Å². The van der Waals surface area contributed by atoms with Crippen LogP contribution in [0.5, 0.6) is 0 Å². The van der Waals surface area contributed by atoms with Gasteiger partial charge in [-0.25, -0.2) is 9.18 Å². The van der Waals surface area contributed by atoms with Crippen LogP contribution in [0.1, 0.15) is 6.42 Å². The fourth-order valence-electron chi connectivity index (χ4n) is 1.48. The molecule has 0 heterocycles. The van der Waals surface area contributed by atoms with Crippen LogP contribution in [0.25, 0.3) is 0 Å². The number of hydrogen-bond acceptors (Lipinski definition) is 3. The molecule has 2 amide bonds. The lowest BCUT2D eigenvalue weighted by Crippen LogP contribution is -2.40. The van der Waals surface area contributed by atoms with Crippen LogP contribution in [-0.4, -0.2) is 35.8 Å². The first-order chi connectivity index (χ1) is 9.06. The highest BCUT2D eigenvalue weighted by molar-refractivity contribution is 7.98. The third-order valence-electron chi connectivity index (χ3n) is 2.36. The standard InChI is InChI=1S/C12H16ClFN2O2S/c1-19-7-9(4-5-17)16-12(18)15-8-2-3-11(14)10(13)6-8/h2-3,6,9,17H,4-5,7H2,1H3,(H2,15,16,18)/t9-/m1/s1. The molecule has 0 spiro atoms. The normalized spacial score (nSPS) is 12.0. The third kappa shape index (κ3) is 5.67. The molecule has 0 aromatic heterocycles. The Balaban J connectivity index is 2.55. The third-order valence-corrected chi connectivity index (χ3v) is 3.38. The topological polar surface area (TPSA) is 61.4 Å². The van der Waals surface area contributed by atoms with Gasteiger partial charge in [-0.2, -0.15) is 11.8 Å². The summed E-state index contributed by atoms with van der Waals surface area (Å²) in [6, 6.07) is 3.43. The van der Waals surface area contributed by atoms with Crippen molar-refractivity contribution < 1.29 is 14.3 Å². The summed E-state index contributed by atoms with van der Waals surface area (Å²) < 4.78 is 13.0. The minimum absolute atomic E-state index is 0.00782. The Morgan fingerprint density at radius 1 is 1.58 bits per heavy atom. The predicted molar refractivity (Wildman–Crippen MR) is 77.4 cm³/mol. The van der Waals surface area contributed by atoms with Crippen LogP contribution < -0.4 is 10.6 Å². The van der Waals surface area contributed by atoms with E-state index in [2.05, 4.69) is 10.6 Å². The Bertz CT molecular complexity index is 428. The molecule has 0 bridgehead atoms. The molecule has 0 aliphatic rings. The molecule has 1 rings (SSSR count). The minimum atomic E-state index is -0.534. The van der Waals surface area contributed by atoms with E-state index in [0.29, 0.717) is 17.9 Å². The molecule has 1 aromatic carbocycles. The van der Waals surface area contributed by atoms with Crippen molar-refractivity contribution in [2.24, 2.45) is 0 Å². The fourth-order valence-corrected chi connectivity index (χ4v) is 2.31. The van der Waals surface area contributed by atoms with Gasteiger partial charge in [-0.15, -0.1) is 0 Å². The first kappa shape index (κ1) is 16.1. The molecule has 0 radical (unpaired) electrons. The van der Waals surface area contributed by atoms with Crippen molar-refractivity contribution in [3.05, 3.63) is 29.0 Å². The van der Waals surface area contributed by atoms with Crippen molar-refractivity contribution in [2.45, 2.75) is 12.5 Å². The van der Waals surface area contributed by atoms with Gasteiger partial charge in [0.1, 0.15) is 5.82 Å². The highest BCUT2D eigenvalue weighted by atomic mass is 35.5. The Kier molecular flexibility index (Phi) is 6.97. The number of halogens is 2. The van der Waals surface area contributed by atoms with Crippen molar-refractivity contribution in [3.8, 4) is 0 Å². The van der Waals surface area contributed by atoms with Crippen molar-refractivity contribution >= 4 is 35.1 Å². The number of rotatable bonds is 6. The summed E-state index contributed by atoms with van der Waals surface area (Å²) in [5.41, 5.74) is 0.413. The van der Waals surface area contributed by atoms with Gasteiger partial charge in [-0.1, -0.05) is 11.6 Å². The van der Waals surface area contributed by atoms with E-state index >= 15 is 0 Å². The van der Waals surface area contributed by atoms with E-state index in [9.17, 15) is 9.18 Å². The molecule has 4 nitrogen and oxygen atoms in total. The SMILES string of the molecule is CSC[C@@H](CCO)NC(=O)Nc1ccc(F)c(Cl)c1. The fraction of sp³-hybridized carbons (Fsp3) is 0.417. The monoisotopic (exact) mass is 306 g/mol. The van der Waals surface area contributed by atoms with Crippen LogP contribution >= 0.6 is 23.4 Å². The number of aliphatic hydroxyl groups is 1. The Labute approximate surface area is 120 Å². The lowest BCUT2D eigenvalue weighted by molar-refractivity contribution is 0.241. The summed E-state index contributed by atoms with van der Waals surface area (Å²) in [4.78, 5) is 11.7. The number of carbonyl (C=O) groups is 1. The Hall–Kier alpha value is -0.980. The molecule has 3 N–H and O–H groups in total. The van der Waals surface area contributed by atoms with Gasteiger partial charge in [0.2, 0.25) is 0 Å². The first-order valence-corrected chi connectivity index (χ1v) is 7.46. The quantitative estimate of drug-likeness (QED) is 0.757. The molecule has 1 aromatic rings. The van der Waals surface area contributed by atoms with Crippen molar-refractivity contribution in [2.75, 3.05) is 23.9 Å². The number of benzene rings is 1. The smallest absolute Gasteiger partial charge is 0.319 e. The van der Waals surface area contributed by atoms with E-state index in [-0.39, 0.29) is 17.7 Å². The summed E-state index contributed by atoms with van der Waals surface area (Å²) in [6.07, 6.45) is 2.40. The summed E-state index contributed by atoms with van der Waals surface area (Å²) in [5, 5.41) is 14.1. The lowest BCUT2D eigenvalue weighted by atomic mass is 10.2. The van der Waals surface area contributed by atoms with Crippen molar-refractivity contribution in [1.29, 1.82) is 0 Å². The van der Waals surface area contributed by atoms with E-state index in [1.807, 2.05) is 6.26 Å². The van der Waals surface area contributed by atoms with E-state index in [0.717, 1.165) is 0 Å². The maximum absolute atomic E-state index is 13.0. The van der Waals surface area contributed by atoms with Gasteiger partial charge >= 0.3 is 6.03 Å². The molecule has 0 unspecified atom stereocenters. The zero-order valence-electron chi connectivity index (χ0n) is 10.5. The van der Waals surface area contributed by atoms with Crippen LogP contribution in [0.3, 0.4) is 0 Å². The summed E-state index contributed by atoms with van der Waals surface area (Å²) in [5.74, 6) is 0.172. The van der Waals surface area contributed by atoms with Crippen LogP contribution in [0, 0.1) is 5.82 Å². The van der Waals surface area contributed by atoms with E-state index in [1.165, 1.54) is 18.2 Å². The van der Waals surface area contributed by atoms with Gasteiger partial charge in [0.15, 0.2) is 0 Å². The second-order valence-corrected chi connectivity index (χ2v) is 5.21. The summed E-state index contributed by atoms with van der Waals surface area (Å²) in [7, 11) is 0. The van der Waals surface area contributed by atoms with Crippen LogP contribution in [-0.2, 0) is 0 Å². The number of hydrogen-bond donors (Lipinski definition) is 3. The van der Waals surface area contributed by atoms with Gasteiger partial charge in [0, 0.05) is 24.1 Å². The van der Waals surface area contributed by atoms with Crippen molar-refractivity contribution in [3.63, 3.8) is 0 Å². The number of anilines is 1. The maximum atomic E-state index is 13.0. The van der Waals surface area contributed by atoms with Gasteiger partial charge in [0.05, 0.1) is 5.02 Å². The Morgan fingerprint density at radius 2 is 2.32 bits per heavy atom. The molecule has 0 saturated carbocycles. The molecule has 1 atom stereocenters. The number of thioether (sulfide) groups is 1. The van der Waals surface area contributed by atoms with Gasteiger partial charge in [0.25, 0.3) is 0 Å². The highest BCUT2D eigenvalue weighted by Gasteiger charge is 2.11. The largest absolute Gasteiger partial charge is 0.396 e. The highest BCUT2D eigenvalue weighted by Crippen LogP contribution is 2.19. The van der Waals surface area contributed by atoms with Gasteiger partial charge in [-0.3, -0.25) is 0 Å². The van der Waals surface area contributed by atoms with Crippen LogP contribution in [0.15, 0.2) is 18.2 Å². The number of urea groups is 1. The molecule has 7 heteroatoms. The molecule has 0 fully saturated rings. The predicted octanol–water partition coefficient (Wildman–Crippen LogP) is 2.71. The number of carbonyl (C=O) groups excluding carboxylic acids is 1. The number of amides is 2.